The van der Waals surface area contributed by atoms with Gasteiger partial charge in [0.25, 0.3) is 0 Å². The van der Waals surface area contributed by atoms with Gasteiger partial charge in [-0.15, -0.1) is 0 Å². The summed E-state index contributed by atoms with van der Waals surface area (Å²) < 4.78 is 16.5. The number of hydrogen-bond acceptors (Lipinski definition) is 7. The van der Waals surface area contributed by atoms with Crippen molar-refractivity contribution in [1.82, 2.24) is 0 Å². The third-order valence-electron chi connectivity index (χ3n) is 4.75. The molecule has 156 valence electrons. The Morgan fingerprint density at radius 1 is 1.16 bits per heavy atom. The van der Waals surface area contributed by atoms with E-state index in [0.29, 0.717) is 22.6 Å². The Morgan fingerprint density at radius 3 is 2.65 bits per heavy atom. The molecule has 1 aliphatic heterocycles. The summed E-state index contributed by atoms with van der Waals surface area (Å²) in [4.78, 5) is 12.6. The van der Waals surface area contributed by atoms with Crippen LogP contribution in [0.15, 0.2) is 71.3 Å². The quantitative estimate of drug-likeness (QED) is 0.713. The molecule has 0 saturated heterocycles. The van der Waals surface area contributed by atoms with Crippen LogP contribution in [0, 0.1) is 22.7 Å². The van der Waals surface area contributed by atoms with Gasteiger partial charge >= 0.3 is 5.97 Å². The summed E-state index contributed by atoms with van der Waals surface area (Å²) in [5, 5.41) is 18.7. The highest BCUT2D eigenvalue weighted by atomic mass is 16.5. The van der Waals surface area contributed by atoms with Crippen molar-refractivity contribution in [3.63, 3.8) is 0 Å². The zero-order chi connectivity index (χ0) is 22.4. The minimum atomic E-state index is -0.733. The van der Waals surface area contributed by atoms with E-state index in [9.17, 15) is 10.1 Å². The SMILES string of the molecule is CCOC(=O)C1=C(C)OC(N)=C(C#N)C1c1cccc(OCc2cccc(C#N)c2)c1. The third-order valence-corrected chi connectivity index (χ3v) is 4.75. The number of benzene rings is 2. The summed E-state index contributed by atoms with van der Waals surface area (Å²) >= 11 is 0. The van der Waals surface area contributed by atoms with Crippen molar-refractivity contribution >= 4 is 5.97 Å². The van der Waals surface area contributed by atoms with Crippen LogP contribution in [-0.2, 0) is 20.9 Å². The van der Waals surface area contributed by atoms with Crippen molar-refractivity contribution in [2.24, 2.45) is 5.73 Å². The lowest BCUT2D eigenvalue weighted by molar-refractivity contribution is -0.139. The Balaban J connectivity index is 1.94. The maximum absolute atomic E-state index is 12.6. The van der Waals surface area contributed by atoms with Crippen molar-refractivity contribution in [3.05, 3.63) is 88.0 Å². The number of nitriles is 2. The molecular formula is C24H21N3O4. The highest BCUT2D eigenvalue weighted by Crippen LogP contribution is 2.40. The van der Waals surface area contributed by atoms with Gasteiger partial charge in [0.05, 0.1) is 29.7 Å². The molecular weight excluding hydrogens is 394 g/mol. The molecule has 3 rings (SSSR count). The van der Waals surface area contributed by atoms with E-state index in [-0.39, 0.29) is 30.2 Å². The molecule has 1 unspecified atom stereocenters. The lowest BCUT2D eigenvalue weighted by atomic mass is 9.83. The van der Waals surface area contributed by atoms with Crippen molar-refractivity contribution in [2.45, 2.75) is 26.4 Å². The number of hydrogen-bond donors (Lipinski definition) is 1. The normalized spacial score (nSPS) is 15.5. The van der Waals surface area contributed by atoms with Crippen LogP contribution in [0.5, 0.6) is 5.75 Å². The van der Waals surface area contributed by atoms with Gasteiger partial charge < -0.3 is 19.9 Å². The molecule has 2 N–H and O–H groups in total. The molecule has 1 aliphatic rings. The minimum absolute atomic E-state index is 0.0438. The van der Waals surface area contributed by atoms with Gasteiger partial charge in [-0.1, -0.05) is 24.3 Å². The second kappa shape index (κ2) is 9.51. The molecule has 0 amide bonds. The lowest BCUT2D eigenvalue weighted by Gasteiger charge is -2.27. The summed E-state index contributed by atoms with van der Waals surface area (Å²) in [6.07, 6.45) is 0. The first-order valence-electron chi connectivity index (χ1n) is 9.65. The van der Waals surface area contributed by atoms with Gasteiger partial charge in [-0.25, -0.2) is 4.79 Å². The van der Waals surface area contributed by atoms with Crippen LogP contribution in [0.3, 0.4) is 0 Å². The average molecular weight is 415 g/mol. The number of nitrogens with zero attached hydrogens (tertiary/aromatic N) is 2. The van der Waals surface area contributed by atoms with E-state index in [2.05, 4.69) is 12.1 Å². The van der Waals surface area contributed by atoms with Gasteiger partial charge in [0, 0.05) is 0 Å². The lowest BCUT2D eigenvalue weighted by Crippen LogP contribution is -2.25. The Bertz CT molecular complexity index is 1150. The van der Waals surface area contributed by atoms with Crippen LogP contribution < -0.4 is 10.5 Å². The largest absolute Gasteiger partial charge is 0.489 e. The van der Waals surface area contributed by atoms with Crippen LogP contribution >= 0.6 is 0 Å². The third kappa shape index (κ3) is 4.68. The van der Waals surface area contributed by atoms with E-state index in [4.69, 9.17) is 25.2 Å². The molecule has 0 bridgehead atoms. The van der Waals surface area contributed by atoms with Gasteiger partial charge in [0.1, 0.15) is 29.8 Å². The maximum Gasteiger partial charge on any atom is 0.338 e. The number of ether oxygens (including phenoxy) is 3. The first kappa shape index (κ1) is 21.5. The Hall–Kier alpha value is -4.23. The topological polar surface area (TPSA) is 118 Å². The Morgan fingerprint density at radius 2 is 1.94 bits per heavy atom. The minimum Gasteiger partial charge on any atom is -0.489 e. The van der Waals surface area contributed by atoms with E-state index >= 15 is 0 Å². The molecule has 0 spiro atoms. The second-order valence-electron chi connectivity index (χ2n) is 6.79. The molecule has 2 aromatic rings. The fraction of sp³-hybridized carbons (Fsp3) is 0.208. The zero-order valence-corrected chi connectivity index (χ0v) is 17.2. The number of esters is 1. The van der Waals surface area contributed by atoms with Crippen LogP contribution in [-0.4, -0.2) is 12.6 Å². The molecule has 31 heavy (non-hydrogen) atoms. The van der Waals surface area contributed by atoms with E-state index in [1.54, 1.807) is 56.3 Å². The smallest absolute Gasteiger partial charge is 0.338 e. The molecule has 0 fully saturated rings. The second-order valence-corrected chi connectivity index (χ2v) is 6.79. The summed E-state index contributed by atoms with van der Waals surface area (Å²) in [6, 6.07) is 18.4. The number of carbonyl (C=O) groups is 1. The first-order valence-corrected chi connectivity index (χ1v) is 9.65. The maximum atomic E-state index is 12.6. The highest BCUT2D eigenvalue weighted by Gasteiger charge is 2.36. The van der Waals surface area contributed by atoms with E-state index in [0.717, 1.165) is 5.56 Å². The van der Waals surface area contributed by atoms with Gasteiger partial charge in [0.2, 0.25) is 5.88 Å². The number of nitrogens with two attached hydrogens (primary N) is 1. The number of allylic oxidation sites excluding steroid dienone is 2. The van der Waals surface area contributed by atoms with Gasteiger partial charge in [0.15, 0.2) is 0 Å². The van der Waals surface area contributed by atoms with Crippen LogP contribution in [0.2, 0.25) is 0 Å². The van der Waals surface area contributed by atoms with Gasteiger partial charge in [-0.2, -0.15) is 10.5 Å². The summed E-state index contributed by atoms with van der Waals surface area (Å²) in [7, 11) is 0. The Labute approximate surface area is 180 Å². The molecule has 0 saturated carbocycles. The summed E-state index contributed by atoms with van der Waals surface area (Å²) in [5.41, 5.74) is 8.34. The molecule has 0 radical (unpaired) electrons. The van der Waals surface area contributed by atoms with E-state index in [1.807, 2.05) is 6.07 Å². The van der Waals surface area contributed by atoms with E-state index < -0.39 is 11.9 Å². The highest BCUT2D eigenvalue weighted by molar-refractivity contribution is 5.92. The monoisotopic (exact) mass is 415 g/mol. The van der Waals surface area contributed by atoms with E-state index in [1.165, 1.54) is 0 Å². The molecule has 0 aromatic heterocycles. The Kier molecular flexibility index (Phi) is 6.59. The molecule has 0 aliphatic carbocycles. The predicted octanol–water partition coefficient (Wildman–Crippen LogP) is 3.78. The first-order chi connectivity index (χ1) is 15.0. The standard InChI is InChI=1S/C24H21N3O4/c1-3-29-24(28)21-15(2)31-23(27)20(13-26)22(21)18-8-5-9-19(11-18)30-14-17-7-4-6-16(10-17)12-25/h4-11,22H,3,14,27H2,1-2H3. The fourth-order valence-corrected chi connectivity index (χ4v) is 3.37. The molecule has 2 aromatic carbocycles. The van der Waals surface area contributed by atoms with Crippen molar-refractivity contribution in [2.75, 3.05) is 6.61 Å². The van der Waals surface area contributed by atoms with Crippen molar-refractivity contribution in [1.29, 1.82) is 10.5 Å². The van der Waals surface area contributed by atoms with Crippen LogP contribution in [0.4, 0.5) is 0 Å². The molecule has 1 atom stereocenters. The van der Waals surface area contributed by atoms with Crippen LogP contribution in [0.1, 0.15) is 36.5 Å². The van der Waals surface area contributed by atoms with Gasteiger partial charge in [-0.3, -0.25) is 0 Å². The number of carbonyl (C=O) groups excluding carboxylic acids is 1. The van der Waals surface area contributed by atoms with Gasteiger partial charge in [-0.05, 0) is 49.2 Å². The zero-order valence-electron chi connectivity index (χ0n) is 17.2. The average Bonchev–Trinajstić information content (AvgIpc) is 2.77. The number of rotatable bonds is 6. The summed E-state index contributed by atoms with van der Waals surface area (Å²) in [5.74, 6) is -0.506. The molecule has 7 nitrogen and oxygen atoms in total. The molecule has 7 heteroatoms. The molecule has 1 heterocycles. The summed E-state index contributed by atoms with van der Waals surface area (Å²) in [6.45, 7) is 3.77. The predicted molar refractivity (Wildman–Crippen MR) is 112 cm³/mol. The van der Waals surface area contributed by atoms with Crippen LogP contribution in [0.25, 0.3) is 0 Å². The van der Waals surface area contributed by atoms with Crippen molar-refractivity contribution in [3.8, 4) is 17.9 Å². The van der Waals surface area contributed by atoms with Crippen molar-refractivity contribution < 1.29 is 19.0 Å². The fourth-order valence-electron chi connectivity index (χ4n) is 3.37.